The quantitative estimate of drug-likeness (QED) is 0.346. The number of halogens is 5. The van der Waals surface area contributed by atoms with Gasteiger partial charge in [0.2, 0.25) is 5.88 Å². The first-order valence-electron chi connectivity index (χ1n) is 10.3. The predicted molar refractivity (Wildman–Crippen MR) is 119 cm³/mol. The van der Waals surface area contributed by atoms with Gasteiger partial charge in [-0.2, -0.15) is 13.2 Å². The first-order valence-corrected chi connectivity index (χ1v) is 10.3. The summed E-state index contributed by atoms with van der Waals surface area (Å²) in [6.45, 7) is 3.27. The molecule has 0 aliphatic rings. The fourth-order valence-corrected chi connectivity index (χ4v) is 3.33. The average Bonchev–Trinajstić information content (AvgIpc) is 3.15. The van der Waals surface area contributed by atoms with Crippen LogP contribution in [0.25, 0.3) is 16.9 Å². The Morgan fingerprint density at radius 1 is 1.03 bits per heavy atom. The van der Waals surface area contributed by atoms with Gasteiger partial charge in [-0.15, -0.1) is 0 Å². The van der Waals surface area contributed by atoms with Crippen LogP contribution in [0.3, 0.4) is 0 Å². The summed E-state index contributed by atoms with van der Waals surface area (Å²) in [6, 6.07) is 8.71. The number of carboxylic acid groups (broad SMARTS) is 2. The van der Waals surface area contributed by atoms with Gasteiger partial charge in [-0.05, 0) is 38.1 Å². The second kappa shape index (κ2) is 10.6. The average molecular weight is 523 g/mol. The number of aromatic nitrogens is 3. The highest BCUT2D eigenvalue weighted by Crippen LogP contribution is 2.32. The third-order valence-corrected chi connectivity index (χ3v) is 5.02. The van der Waals surface area contributed by atoms with E-state index in [-0.39, 0.29) is 17.7 Å². The van der Waals surface area contributed by atoms with Crippen LogP contribution in [0.4, 0.5) is 22.0 Å². The molecule has 0 aliphatic heterocycles. The van der Waals surface area contributed by atoms with Crippen LogP contribution >= 0.6 is 0 Å². The van der Waals surface area contributed by atoms with Gasteiger partial charge in [0.05, 0.1) is 22.5 Å². The molecule has 2 N–H and O–H groups in total. The first kappa shape index (κ1) is 27.0. The number of aliphatic carboxylic acids is 1. The van der Waals surface area contributed by atoms with Crippen molar-refractivity contribution in [3.63, 3.8) is 0 Å². The number of hydrogen-bond donors (Lipinski definition) is 2. The van der Waals surface area contributed by atoms with Crippen LogP contribution in [0.5, 0.6) is 5.88 Å². The highest BCUT2D eigenvalue weighted by molar-refractivity contribution is 5.89. The number of rotatable bonds is 5. The monoisotopic (exact) mass is 523 g/mol. The number of pyridine rings is 2. The van der Waals surface area contributed by atoms with Gasteiger partial charge in [0.25, 0.3) is 0 Å². The van der Waals surface area contributed by atoms with E-state index in [1.54, 1.807) is 30.4 Å². The molecule has 0 fully saturated rings. The SMILES string of the molecule is Cc1ccc2nc(C)c(-c3cncc(C(=O)O)c3)n2c1OCc1c(F)cccc1F.O=C(O)C(F)(F)F. The molecule has 1 aromatic carbocycles. The number of hydrogen-bond acceptors (Lipinski definition) is 5. The lowest BCUT2D eigenvalue weighted by atomic mass is 10.1. The number of aryl methyl sites for hydroxylation is 2. The lowest BCUT2D eigenvalue weighted by Gasteiger charge is -2.14. The molecule has 3 heterocycles. The van der Waals surface area contributed by atoms with Gasteiger partial charge in [-0.25, -0.2) is 23.4 Å². The smallest absolute Gasteiger partial charge is 0.478 e. The molecule has 0 atom stereocenters. The number of nitrogens with zero attached hydrogens (tertiary/aromatic N) is 3. The zero-order chi connectivity index (χ0) is 27.5. The number of fused-ring (bicyclic) bond motifs is 1. The number of imidazole rings is 1. The molecular weight excluding hydrogens is 505 g/mol. The summed E-state index contributed by atoms with van der Waals surface area (Å²) in [5.74, 6) is -4.89. The Kier molecular flexibility index (Phi) is 7.75. The Balaban J connectivity index is 0.000000479. The highest BCUT2D eigenvalue weighted by atomic mass is 19.4. The van der Waals surface area contributed by atoms with Crippen molar-refractivity contribution in [1.29, 1.82) is 0 Å². The summed E-state index contributed by atoms with van der Waals surface area (Å²) < 4.78 is 67.4. The molecule has 0 bridgehead atoms. The van der Waals surface area contributed by atoms with Crippen molar-refractivity contribution in [2.24, 2.45) is 0 Å². The number of carbonyl (C=O) groups is 2. The Morgan fingerprint density at radius 2 is 1.65 bits per heavy atom. The minimum Gasteiger partial charge on any atom is -0.478 e. The lowest BCUT2D eigenvalue weighted by Crippen LogP contribution is -2.21. The van der Waals surface area contributed by atoms with E-state index < -0.39 is 29.7 Å². The van der Waals surface area contributed by atoms with Crippen LogP contribution in [0.1, 0.15) is 27.2 Å². The number of alkyl halides is 3. The molecule has 0 unspecified atom stereocenters. The Bertz CT molecular complexity index is 1460. The van der Waals surface area contributed by atoms with Crippen molar-refractivity contribution in [3.05, 3.63) is 82.8 Å². The molecule has 4 rings (SSSR count). The second-order valence-corrected chi connectivity index (χ2v) is 7.62. The minimum absolute atomic E-state index is 0.0328. The molecule has 0 amide bonds. The molecule has 13 heteroatoms. The van der Waals surface area contributed by atoms with Crippen molar-refractivity contribution in [1.82, 2.24) is 14.4 Å². The first-order chi connectivity index (χ1) is 17.3. The lowest BCUT2D eigenvalue weighted by molar-refractivity contribution is -0.192. The Hall–Kier alpha value is -4.55. The van der Waals surface area contributed by atoms with E-state index in [4.69, 9.17) is 14.6 Å². The van der Waals surface area contributed by atoms with E-state index in [1.165, 1.54) is 36.7 Å². The van der Waals surface area contributed by atoms with Crippen molar-refractivity contribution < 1.29 is 46.5 Å². The van der Waals surface area contributed by atoms with Crippen molar-refractivity contribution in [3.8, 4) is 17.1 Å². The zero-order valence-electron chi connectivity index (χ0n) is 19.2. The fourth-order valence-electron chi connectivity index (χ4n) is 3.33. The van der Waals surface area contributed by atoms with Crippen molar-refractivity contribution >= 4 is 17.6 Å². The van der Waals surface area contributed by atoms with Gasteiger partial charge in [-0.3, -0.25) is 9.38 Å². The Labute approximate surface area is 205 Å². The maximum absolute atomic E-state index is 14.0. The van der Waals surface area contributed by atoms with Gasteiger partial charge in [0.15, 0.2) is 0 Å². The molecule has 4 aromatic rings. The molecule has 37 heavy (non-hydrogen) atoms. The molecule has 8 nitrogen and oxygen atoms in total. The Morgan fingerprint density at radius 3 is 2.22 bits per heavy atom. The van der Waals surface area contributed by atoms with Crippen LogP contribution in [-0.4, -0.2) is 42.7 Å². The number of carboxylic acids is 2. The molecule has 0 saturated heterocycles. The molecule has 0 radical (unpaired) electrons. The van der Waals surface area contributed by atoms with E-state index >= 15 is 0 Å². The van der Waals surface area contributed by atoms with E-state index in [0.29, 0.717) is 28.5 Å². The molecular formula is C24H18F5N3O5. The third-order valence-electron chi connectivity index (χ3n) is 5.02. The van der Waals surface area contributed by atoms with E-state index in [9.17, 15) is 31.9 Å². The normalized spacial score (nSPS) is 11.1. The van der Waals surface area contributed by atoms with Crippen LogP contribution in [0.2, 0.25) is 0 Å². The van der Waals surface area contributed by atoms with Gasteiger partial charge in [-0.1, -0.05) is 12.1 Å². The van der Waals surface area contributed by atoms with Crippen molar-refractivity contribution in [2.75, 3.05) is 0 Å². The second-order valence-electron chi connectivity index (χ2n) is 7.62. The molecule has 194 valence electrons. The van der Waals surface area contributed by atoms with Crippen LogP contribution in [-0.2, 0) is 11.4 Å². The number of benzene rings is 1. The van der Waals surface area contributed by atoms with Crippen LogP contribution < -0.4 is 4.74 Å². The third kappa shape index (κ3) is 6.00. The maximum atomic E-state index is 14.0. The standard InChI is InChI=1S/C22H17F2N3O3.C2HF3O2/c1-12-6-7-19-26-13(2)20(14-8-15(22(28)29)10-25-9-14)27(19)21(12)30-11-16-17(23)4-3-5-18(16)24;3-2(4,5)1(6)7/h3-10H,11H2,1-2H3,(H,28,29);(H,6,7). The topological polar surface area (TPSA) is 114 Å². The van der Waals surface area contributed by atoms with Crippen molar-refractivity contribution in [2.45, 2.75) is 26.6 Å². The number of aromatic carboxylic acids is 1. The molecule has 0 spiro atoms. The summed E-state index contributed by atoms with van der Waals surface area (Å²) >= 11 is 0. The number of ether oxygens (including phenoxy) is 1. The molecule has 0 saturated carbocycles. The maximum Gasteiger partial charge on any atom is 0.490 e. The summed E-state index contributed by atoms with van der Waals surface area (Å²) in [6.07, 6.45) is -2.29. The summed E-state index contributed by atoms with van der Waals surface area (Å²) in [7, 11) is 0. The van der Waals surface area contributed by atoms with Gasteiger partial charge < -0.3 is 14.9 Å². The van der Waals surface area contributed by atoms with E-state index in [2.05, 4.69) is 9.97 Å². The predicted octanol–water partition coefficient (Wildman–Crippen LogP) is 5.20. The minimum atomic E-state index is -5.08. The van der Waals surface area contributed by atoms with Crippen LogP contribution in [0, 0.1) is 25.5 Å². The molecule has 3 aromatic heterocycles. The highest BCUT2D eigenvalue weighted by Gasteiger charge is 2.38. The largest absolute Gasteiger partial charge is 0.490 e. The summed E-state index contributed by atoms with van der Waals surface area (Å²) in [5.41, 5.74) is 2.89. The van der Waals surface area contributed by atoms with E-state index in [0.717, 1.165) is 5.56 Å². The van der Waals surface area contributed by atoms with Crippen LogP contribution in [0.15, 0.2) is 48.8 Å². The summed E-state index contributed by atoms with van der Waals surface area (Å²) in [4.78, 5) is 28.8. The van der Waals surface area contributed by atoms with Gasteiger partial charge in [0.1, 0.15) is 23.9 Å². The van der Waals surface area contributed by atoms with Gasteiger partial charge in [0, 0.05) is 23.5 Å². The molecule has 0 aliphatic carbocycles. The fraction of sp³-hybridized carbons (Fsp3) is 0.167. The van der Waals surface area contributed by atoms with Gasteiger partial charge >= 0.3 is 18.1 Å². The summed E-state index contributed by atoms with van der Waals surface area (Å²) in [5, 5.41) is 16.4. The van der Waals surface area contributed by atoms with E-state index in [1.807, 2.05) is 0 Å². The zero-order valence-corrected chi connectivity index (χ0v) is 19.2.